The molecule has 1 N–H and O–H groups in total. The average Bonchev–Trinajstić information content (AvgIpc) is 3.27. The van der Waals surface area contributed by atoms with Crippen LogP contribution in [-0.2, 0) is 13.1 Å². The Morgan fingerprint density at radius 1 is 0.967 bits per heavy atom. The van der Waals surface area contributed by atoms with Crippen molar-refractivity contribution in [2.24, 2.45) is 0 Å². The number of aryl methyl sites for hydroxylation is 2. The van der Waals surface area contributed by atoms with Crippen LogP contribution in [0.5, 0.6) is 0 Å². The number of carbonyl (C=O) groups is 1. The van der Waals surface area contributed by atoms with Gasteiger partial charge < -0.3 is 5.32 Å². The fourth-order valence-corrected chi connectivity index (χ4v) is 3.35. The minimum atomic E-state index is -0.284. The number of anilines is 1. The first-order chi connectivity index (χ1) is 14.5. The Balaban J connectivity index is 1.43. The third-order valence-electron chi connectivity index (χ3n) is 4.74. The molecule has 6 nitrogen and oxygen atoms in total. The molecule has 30 heavy (non-hydrogen) atoms. The summed E-state index contributed by atoms with van der Waals surface area (Å²) >= 11 is 0. The van der Waals surface area contributed by atoms with Gasteiger partial charge in [0.05, 0.1) is 18.8 Å². The number of halogens is 1. The van der Waals surface area contributed by atoms with E-state index in [9.17, 15) is 9.18 Å². The lowest BCUT2D eigenvalue weighted by atomic mass is 10.1. The molecule has 0 aliphatic heterocycles. The topological polar surface area (TPSA) is 64.7 Å². The first-order valence-electron chi connectivity index (χ1n) is 9.65. The summed E-state index contributed by atoms with van der Waals surface area (Å²) in [4.78, 5) is 12.7. The molecule has 2 heterocycles. The Kier molecular flexibility index (Phi) is 5.43. The van der Waals surface area contributed by atoms with Gasteiger partial charge in [0.2, 0.25) is 0 Å². The SMILES string of the molecule is Cc1cc(C)n(Cc2cccc(C(=O)Nc3ccn(Cc4cccc(F)c4)n3)c2)n1. The van der Waals surface area contributed by atoms with E-state index < -0.39 is 0 Å². The van der Waals surface area contributed by atoms with E-state index in [4.69, 9.17) is 0 Å². The maximum atomic E-state index is 13.3. The molecule has 4 rings (SSSR count). The highest BCUT2D eigenvalue weighted by atomic mass is 19.1. The number of nitrogens with zero attached hydrogens (tertiary/aromatic N) is 4. The Hall–Kier alpha value is -3.74. The van der Waals surface area contributed by atoms with E-state index in [1.165, 1.54) is 12.1 Å². The zero-order chi connectivity index (χ0) is 21.1. The second-order valence-corrected chi connectivity index (χ2v) is 7.27. The van der Waals surface area contributed by atoms with Gasteiger partial charge in [0.25, 0.3) is 5.91 Å². The van der Waals surface area contributed by atoms with Crippen LogP contribution in [0, 0.1) is 19.7 Å². The number of hydrogen-bond acceptors (Lipinski definition) is 3. The van der Waals surface area contributed by atoms with Crippen molar-refractivity contribution < 1.29 is 9.18 Å². The van der Waals surface area contributed by atoms with Crippen LogP contribution >= 0.6 is 0 Å². The van der Waals surface area contributed by atoms with E-state index in [0.29, 0.717) is 24.5 Å². The van der Waals surface area contributed by atoms with Crippen LogP contribution in [0.4, 0.5) is 10.2 Å². The Morgan fingerprint density at radius 3 is 2.47 bits per heavy atom. The molecule has 1 amide bonds. The lowest BCUT2D eigenvalue weighted by Gasteiger charge is -2.07. The van der Waals surface area contributed by atoms with Crippen LogP contribution in [0.3, 0.4) is 0 Å². The number of carbonyl (C=O) groups excluding carboxylic acids is 1. The maximum Gasteiger partial charge on any atom is 0.256 e. The van der Waals surface area contributed by atoms with Gasteiger partial charge in [0, 0.05) is 23.5 Å². The number of benzene rings is 2. The van der Waals surface area contributed by atoms with Crippen molar-refractivity contribution >= 4 is 11.7 Å². The highest BCUT2D eigenvalue weighted by Gasteiger charge is 2.10. The van der Waals surface area contributed by atoms with Crippen molar-refractivity contribution in [3.8, 4) is 0 Å². The molecule has 0 aliphatic rings. The Bertz CT molecular complexity index is 1190. The number of nitrogens with one attached hydrogen (secondary N) is 1. The molecule has 0 spiro atoms. The number of aromatic nitrogens is 4. The standard InChI is InChI=1S/C23H22FN5O/c1-16-11-17(2)29(26-16)15-18-5-3-7-20(12-18)23(30)25-22-9-10-28(27-22)14-19-6-4-8-21(24)13-19/h3-13H,14-15H2,1-2H3,(H,25,27,30). The summed E-state index contributed by atoms with van der Waals surface area (Å²) in [6.45, 7) is 4.99. The molecule has 0 unspecified atom stereocenters. The summed E-state index contributed by atoms with van der Waals surface area (Å²) in [5, 5.41) is 11.6. The minimum Gasteiger partial charge on any atom is -0.305 e. The highest BCUT2D eigenvalue weighted by molar-refractivity contribution is 6.03. The van der Waals surface area contributed by atoms with Gasteiger partial charge in [0.1, 0.15) is 5.82 Å². The van der Waals surface area contributed by atoms with Crippen molar-refractivity contribution in [2.45, 2.75) is 26.9 Å². The quantitative estimate of drug-likeness (QED) is 0.525. The van der Waals surface area contributed by atoms with Crippen molar-refractivity contribution in [3.05, 3.63) is 101 Å². The fraction of sp³-hybridized carbons (Fsp3) is 0.174. The lowest BCUT2D eigenvalue weighted by molar-refractivity contribution is 0.102. The summed E-state index contributed by atoms with van der Waals surface area (Å²) < 4.78 is 16.9. The van der Waals surface area contributed by atoms with Gasteiger partial charge >= 0.3 is 0 Å². The summed E-state index contributed by atoms with van der Waals surface area (Å²) in [5.41, 5.74) is 4.38. The molecule has 152 valence electrons. The molecule has 7 heteroatoms. The van der Waals surface area contributed by atoms with E-state index in [2.05, 4.69) is 15.5 Å². The van der Waals surface area contributed by atoms with E-state index >= 15 is 0 Å². The monoisotopic (exact) mass is 403 g/mol. The highest BCUT2D eigenvalue weighted by Crippen LogP contribution is 2.13. The van der Waals surface area contributed by atoms with Gasteiger partial charge in [-0.1, -0.05) is 24.3 Å². The van der Waals surface area contributed by atoms with Gasteiger partial charge in [-0.25, -0.2) is 4.39 Å². The van der Waals surface area contributed by atoms with Gasteiger partial charge in [-0.3, -0.25) is 14.2 Å². The number of amides is 1. The largest absolute Gasteiger partial charge is 0.305 e. The van der Waals surface area contributed by atoms with Crippen molar-refractivity contribution in [3.63, 3.8) is 0 Å². The van der Waals surface area contributed by atoms with Crippen LogP contribution in [0.2, 0.25) is 0 Å². The predicted molar refractivity (Wildman–Crippen MR) is 113 cm³/mol. The lowest BCUT2D eigenvalue weighted by Crippen LogP contribution is -2.13. The van der Waals surface area contributed by atoms with Crippen LogP contribution in [0.15, 0.2) is 66.9 Å². The second kappa shape index (κ2) is 8.32. The van der Waals surface area contributed by atoms with E-state index in [1.807, 2.05) is 48.9 Å². The molecule has 0 saturated carbocycles. The molecule has 0 bridgehead atoms. The van der Waals surface area contributed by atoms with Gasteiger partial charge in [-0.2, -0.15) is 10.2 Å². The first kappa shape index (κ1) is 19.6. The number of hydrogen-bond donors (Lipinski definition) is 1. The number of rotatable bonds is 6. The van der Waals surface area contributed by atoms with Crippen molar-refractivity contribution in [2.75, 3.05) is 5.32 Å². The van der Waals surface area contributed by atoms with Gasteiger partial charge in [0.15, 0.2) is 5.82 Å². The van der Waals surface area contributed by atoms with Crippen molar-refractivity contribution in [1.29, 1.82) is 0 Å². The molecular formula is C23H22FN5O. The van der Waals surface area contributed by atoms with Gasteiger partial charge in [-0.15, -0.1) is 0 Å². The molecular weight excluding hydrogens is 381 g/mol. The van der Waals surface area contributed by atoms with Crippen LogP contribution < -0.4 is 5.32 Å². The second-order valence-electron chi connectivity index (χ2n) is 7.27. The summed E-state index contributed by atoms with van der Waals surface area (Å²) in [5.74, 6) is -0.0740. The van der Waals surface area contributed by atoms with Crippen LogP contribution in [-0.4, -0.2) is 25.5 Å². The Morgan fingerprint density at radius 2 is 1.73 bits per heavy atom. The first-order valence-corrected chi connectivity index (χ1v) is 9.65. The summed E-state index contributed by atoms with van der Waals surface area (Å²) in [6, 6.07) is 17.6. The molecule has 0 atom stereocenters. The molecule has 0 aliphatic carbocycles. The molecule has 2 aromatic carbocycles. The van der Waals surface area contributed by atoms with E-state index in [0.717, 1.165) is 22.5 Å². The van der Waals surface area contributed by atoms with Crippen LogP contribution in [0.1, 0.15) is 32.9 Å². The summed E-state index contributed by atoms with van der Waals surface area (Å²) in [7, 11) is 0. The normalized spacial score (nSPS) is 10.9. The zero-order valence-corrected chi connectivity index (χ0v) is 16.8. The maximum absolute atomic E-state index is 13.3. The molecule has 0 radical (unpaired) electrons. The molecule has 0 fully saturated rings. The van der Waals surface area contributed by atoms with Crippen LogP contribution in [0.25, 0.3) is 0 Å². The van der Waals surface area contributed by atoms with E-state index in [-0.39, 0.29) is 11.7 Å². The molecule has 4 aromatic rings. The third kappa shape index (κ3) is 4.63. The molecule has 2 aromatic heterocycles. The smallest absolute Gasteiger partial charge is 0.256 e. The Labute approximate surface area is 174 Å². The predicted octanol–water partition coefficient (Wildman–Crippen LogP) is 4.18. The third-order valence-corrected chi connectivity index (χ3v) is 4.74. The fourth-order valence-electron chi connectivity index (χ4n) is 3.35. The van der Waals surface area contributed by atoms with Crippen molar-refractivity contribution in [1.82, 2.24) is 19.6 Å². The average molecular weight is 403 g/mol. The van der Waals surface area contributed by atoms with E-state index in [1.54, 1.807) is 29.1 Å². The van der Waals surface area contributed by atoms with Gasteiger partial charge in [-0.05, 0) is 55.3 Å². The molecule has 0 saturated heterocycles. The summed E-state index contributed by atoms with van der Waals surface area (Å²) in [6.07, 6.45) is 1.75. The minimum absolute atomic E-state index is 0.235. The zero-order valence-electron chi connectivity index (χ0n) is 16.8.